The molecule has 0 atom stereocenters. The molecular formula is C15H16ClNO. The molecule has 0 radical (unpaired) electrons. The van der Waals surface area contributed by atoms with Gasteiger partial charge in [0, 0.05) is 23.4 Å². The third kappa shape index (κ3) is 2.50. The van der Waals surface area contributed by atoms with Gasteiger partial charge in [0.15, 0.2) is 0 Å². The minimum absolute atomic E-state index is 0.0345. The molecular weight excluding hydrogens is 246 g/mol. The van der Waals surface area contributed by atoms with Crippen LogP contribution in [-0.2, 0) is 6.61 Å². The Balaban J connectivity index is 2.37. The molecule has 0 aromatic heterocycles. The molecule has 0 spiro atoms. The predicted octanol–water partition coefficient (Wildman–Crippen LogP) is 3.91. The summed E-state index contributed by atoms with van der Waals surface area (Å²) in [6, 6.07) is 13.9. The summed E-state index contributed by atoms with van der Waals surface area (Å²) in [6.45, 7) is 2.04. The smallest absolute Gasteiger partial charge is 0.0696 e. The maximum Gasteiger partial charge on any atom is 0.0696 e. The van der Waals surface area contributed by atoms with Gasteiger partial charge in [-0.3, -0.25) is 0 Å². The number of nitrogens with zero attached hydrogens (tertiary/aromatic N) is 1. The number of aliphatic hydroxyl groups excluding tert-OH is 1. The minimum Gasteiger partial charge on any atom is -0.392 e. The lowest BCUT2D eigenvalue weighted by Crippen LogP contribution is -2.10. The summed E-state index contributed by atoms with van der Waals surface area (Å²) in [5.41, 5.74) is 4.11. The van der Waals surface area contributed by atoms with E-state index in [0.29, 0.717) is 5.02 Å². The average Bonchev–Trinajstić information content (AvgIpc) is 2.38. The fourth-order valence-corrected chi connectivity index (χ4v) is 2.19. The highest BCUT2D eigenvalue weighted by molar-refractivity contribution is 6.31. The van der Waals surface area contributed by atoms with Crippen molar-refractivity contribution in [3.8, 4) is 0 Å². The molecule has 0 aliphatic heterocycles. The maximum absolute atomic E-state index is 9.11. The molecule has 0 aliphatic rings. The van der Waals surface area contributed by atoms with Crippen molar-refractivity contribution in [2.24, 2.45) is 0 Å². The fraction of sp³-hybridized carbons (Fsp3) is 0.200. The number of halogens is 1. The van der Waals surface area contributed by atoms with Crippen LogP contribution in [0.1, 0.15) is 11.1 Å². The Morgan fingerprint density at radius 2 is 1.89 bits per heavy atom. The first-order valence-electron chi connectivity index (χ1n) is 5.82. The van der Waals surface area contributed by atoms with Crippen LogP contribution in [0.3, 0.4) is 0 Å². The van der Waals surface area contributed by atoms with Gasteiger partial charge < -0.3 is 10.0 Å². The summed E-state index contributed by atoms with van der Waals surface area (Å²) in [5, 5.41) is 9.70. The van der Waals surface area contributed by atoms with Crippen molar-refractivity contribution in [1.29, 1.82) is 0 Å². The van der Waals surface area contributed by atoms with Gasteiger partial charge in [0.05, 0.1) is 6.61 Å². The maximum atomic E-state index is 9.11. The van der Waals surface area contributed by atoms with Gasteiger partial charge in [0.2, 0.25) is 0 Å². The molecule has 2 nitrogen and oxygen atoms in total. The molecule has 1 N–H and O–H groups in total. The number of aryl methyl sites for hydroxylation is 1. The van der Waals surface area contributed by atoms with E-state index < -0.39 is 0 Å². The first-order valence-corrected chi connectivity index (χ1v) is 6.20. The van der Waals surface area contributed by atoms with Gasteiger partial charge in [-0.2, -0.15) is 0 Å². The van der Waals surface area contributed by atoms with Gasteiger partial charge in [-0.15, -0.1) is 0 Å². The van der Waals surface area contributed by atoms with Gasteiger partial charge in [0.25, 0.3) is 0 Å². The molecule has 0 amide bonds. The Morgan fingerprint density at radius 1 is 1.17 bits per heavy atom. The van der Waals surface area contributed by atoms with E-state index in [0.717, 1.165) is 16.9 Å². The van der Waals surface area contributed by atoms with Crippen molar-refractivity contribution in [1.82, 2.24) is 0 Å². The monoisotopic (exact) mass is 261 g/mol. The van der Waals surface area contributed by atoms with E-state index >= 15 is 0 Å². The van der Waals surface area contributed by atoms with E-state index in [-0.39, 0.29) is 6.61 Å². The molecule has 94 valence electrons. The first kappa shape index (κ1) is 12.9. The quantitative estimate of drug-likeness (QED) is 0.906. The zero-order chi connectivity index (χ0) is 13.1. The number of anilines is 2. The van der Waals surface area contributed by atoms with Gasteiger partial charge in [0.1, 0.15) is 0 Å². The normalized spacial score (nSPS) is 10.4. The Kier molecular flexibility index (Phi) is 3.90. The summed E-state index contributed by atoms with van der Waals surface area (Å²) >= 11 is 6.11. The number of hydrogen-bond acceptors (Lipinski definition) is 2. The second-order valence-corrected chi connectivity index (χ2v) is 4.69. The molecule has 0 unspecified atom stereocenters. The van der Waals surface area contributed by atoms with Gasteiger partial charge >= 0.3 is 0 Å². The van der Waals surface area contributed by atoms with Gasteiger partial charge in [-0.25, -0.2) is 0 Å². The molecule has 2 aromatic carbocycles. The number of para-hydroxylation sites is 1. The van der Waals surface area contributed by atoms with Crippen LogP contribution >= 0.6 is 11.6 Å². The lowest BCUT2D eigenvalue weighted by atomic mass is 10.1. The van der Waals surface area contributed by atoms with Crippen LogP contribution < -0.4 is 4.90 Å². The largest absolute Gasteiger partial charge is 0.392 e. The van der Waals surface area contributed by atoms with Crippen LogP contribution in [0.25, 0.3) is 0 Å². The van der Waals surface area contributed by atoms with E-state index in [1.165, 1.54) is 5.56 Å². The minimum atomic E-state index is -0.0345. The van der Waals surface area contributed by atoms with E-state index in [2.05, 4.69) is 24.0 Å². The highest BCUT2D eigenvalue weighted by Gasteiger charge is 2.08. The molecule has 0 bridgehead atoms. The standard InChI is InChI=1S/C15H16ClNO/c1-11-5-3-4-6-15(11)17(2)13-8-7-12(10-18)14(16)9-13/h3-9,18H,10H2,1-2H3. The van der Waals surface area contributed by atoms with Crippen molar-refractivity contribution in [3.63, 3.8) is 0 Å². The summed E-state index contributed by atoms with van der Waals surface area (Å²) < 4.78 is 0. The van der Waals surface area contributed by atoms with Gasteiger partial charge in [-0.05, 0) is 36.2 Å². The Morgan fingerprint density at radius 3 is 2.50 bits per heavy atom. The van der Waals surface area contributed by atoms with Crippen LogP contribution in [0.2, 0.25) is 5.02 Å². The Hall–Kier alpha value is -1.51. The van der Waals surface area contributed by atoms with E-state index in [9.17, 15) is 0 Å². The predicted molar refractivity (Wildman–Crippen MR) is 76.6 cm³/mol. The van der Waals surface area contributed by atoms with Crippen molar-refractivity contribution < 1.29 is 5.11 Å². The molecule has 0 saturated carbocycles. The average molecular weight is 262 g/mol. The van der Waals surface area contributed by atoms with Crippen LogP contribution in [-0.4, -0.2) is 12.2 Å². The highest BCUT2D eigenvalue weighted by atomic mass is 35.5. The fourth-order valence-electron chi connectivity index (χ4n) is 1.95. The molecule has 0 heterocycles. The van der Waals surface area contributed by atoms with Crippen molar-refractivity contribution in [3.05, 3.63) is 58.6 Å². The summed E-state index contributed by atoms with van der Waals surface area (Å²) in [4.78, 5) is 2.09. The zero-order valence-electron chi connectivity index (χ0n) is 10.5. The summed E-state index contributed by atoms with van der Waals surface area (Å²) in [6.07, 6.45) is 0. The summed E-state index contributed by atoms with van der Waals surface area (Å²) in [7, 11) is 2.01. The summed E-state index contributed by atoms with van der Waals surface area (Å²) in [5.74, 6) is 0. The van der Waals surface area contributed by atoms with Crippen LogP contribution in [0.5, 0.6) is 0 Å². The van der Waals surface area contributed by atoms with Crippen molar-refractivity contribution in [2.45, 2.75) is 13.5 Å². The second kappa shape index (κ2) is 5.42. The van der Waals surface area contributed by atoms with Crippen LogP contribution in [0, 0.1) is 6.92 Å². The van der Waals surface area contributed by atoms with Crippen molar-refractivity contribution >= 4 is 23.0 Å². The van der Waals surface area contributed by atoms with E-state index in [1.54, 1.807) is 0 Å². The van der Waals surface area contributed by atoms with Gasteiger partial charge in [-0.1, -0.05) is 35.9 Å². The Labute approximate surface area is 112 Å². The lowest BCUT2D eigenvalue weighted by molar-refractivity contribution is 0.282. The first-order chi connectivity index (χ1) is 8.63. The highest BCUT2D eigenvalue weighted by Crippen LogP contribution is 2.29. The SMILES string of the molecule is Cc1ccccc1N(C)c1ccc(CO)c(Cl)c1. The lowest BCUT2D eigenvalue weighted by Gasteiger charge is -2.22. The molecule has 2 rings (SSSR count). The molecule has 0 saturated heterocycles. The van der Waals surface area contributed by atoms with E-state index in [1.807, 2.05) is 37.4 Å². The number of aliphatic hydroxyl groups is 1. The van der Waals surface area contributed by atoms with Crippen molar-refractivity contribution in [2.75, 3.05) is 11.9 Å². The third-order valence-corrected chi connectivity index (χ3v) is 3.42. The third-order valence-electron chi connectivity index (χ3n) is 3.07. The Bertz CT molecular complexity index is 554. The van der Waals surface area contributed by atoms with Crippen LogP contribution in [0.15, 0.2) is 42.5 Å². The zero-order valence-corrected chi connectivity index (χ0v) is 11.3. The van der Waals surface area contributed by atoms with E-state index in [4.69, 9.17) is 16.7 Å². The number of hydrogen-bond donors (Lipinski definition) is 1. The molecule has 3 heteroatoms. The molecule has 0 fully saturated rings. The number of rotatable bonds is 3. The number of benzene rings is 2. The second-order valence-electron chi connectivity index (χ2n) is 4.28. The molecule has 18 heavy (non-hydrogen) atoms. The van der Waals surface area contributed by atoms with Crippen LogP contribution in [0.4, 0.5) is 11.4 Å². The molecule has 0 aliphatic carbocycles. The topological polar surface area (TPSA) is 23.5 Å². The molecule has 2 aromatic rings.